The molecule has 1 aliphatic rings. The fourth-order valence-electron chi connectivity index (χ4n) is 1.93. The number of aryl methyl sites for hydroxylation is 1. The second-order valence-electron chi connectivity index (χ2n) is 4.77. The van der Waals surface area contributed by atoms with Crippen molar-refractivity contribution in [3.8, 4) is 0 Å². The molecule has 1 aliphatic carbocycles. The van der Waals surface area contributed by atoms with E-state index in [0.717, 1.165) is 18.5 Å². The molecule has 0 spiro atoms. The van der Waals surface area contributed by atoms with E-state index in [0.29, 0.717) is 0 Å². The Labute approximate surface area is 95.5 Å². The molecule has 0 radical (unpaired) electrons. The van der Waals surface area contributed by atoms with Gasteiger partial charge in [-0.05, 0) is 44.7 Å². The molecule has 1 atom stereocenters. The first kappa shape index (κ1) is 11.0. The highest BCUT2D eigenvalue weighted by atomic mass is 16.4. The number of aliphatic carboxylic acids is 1. The molecule has 1 aromatic carbocycles. The summed E-state index contributed by atoms with van der Waals surface area (Å²) in [6, 6.07) is 7.83. The van der Waals surface area contributed by atoms with Crippen molar-refractivity contribution in [2.24, 2.45) is 5.92 Å². The Morgan fingerprint density at radius 2 is 1.94 bits per heavy atom. The molecule has 2 rings (SSSR count). The second kappa shape index (κ2) is 3.81. The van der Waals surface area contributed by atoms with Crippen LogP contribution < -0.4 is 5.32 Å². The summed E-state index contributed by atoms with van der Waals surface area (Å²) in [6.45, 7) is 3.79. The van der Waals surface area contributed by atoms with Crippen LogP contribution in [0.4, 0.5) is 5.69 Å². The minimum Gasteiger partial charge on any atom is -0.480 e. The van der Waals surface area contributed by atoms with Gasteiger partial charge in [0.2, 0.25) is 0 Å². The molecule has 0 aliphatic heterocycles. The molecule has 2 N–H and O–H groups in total. The lowest BCUT2D eigenvalue weighted by Gasteiger charge is -2.27. The Kier molecular flexibility index (Phi) is 2.62. The Bertz CT molecular complexity index is 395. The summed E-state index contributed by atoms with van der Waals surface area (Å²) in [5, 5.41) is 12.4. The van der Waals surface area contributed by atoms with Gasteiger partial charge in [0, 0.05) is 5.69 Å². The highest BCUT2D eigenvalue weighted by molar-refractivity contribution is 5.83. The van der Waals surface area contributed by atoms with Crippen LogP contribution in [0.3, 0.4) is 0 Å². The van der Waals surface area contributed by atoms with E-state index >= 15 is 0 Å². The van der Waals surface area contributed by atoms with Crippen LogP contribution in [-0.4, -0.2) is 16.6 Å². The van der Waals surface area contributed by atoms with Crippen molar-refractivity contribution in [3.05, 3.63) is 29.8 Å². The maximum Gasteiger partial charge on any atom is 0.329 e. The third kappa shape index (κ3) is 2.03. The summed E-state index contributed by atoms with van der Waals surface area (Å²) >= 11 is 0. The predicted octanol–water partition coefficient (Wildman–Crippen LogP) is 2.66. The molecular weight excluding hydrogens is 202 g/mol. The summed E-state index contributed by atoms with van der Waals surface area (Å²) in [6.07, 6.45) is 2.00. The Morgan fingerprint density at radius 3 is 2.38 bits per heavy atom. The molecule has 3 nitrogen and oxygen atoms in total. The monoisotopic (exact) mass is 219 g/mol. The third-order valence-corrected chi connectivity index (χ3v) is 3.29. The van der Waals surface area contributed by atoms with Gasteiger partial charge in [-0.1, -0.05) is 17.7 Å². The highest BCUT2D eigenvalue weighted by Crippen LogP contribution is 2.41. The van der Waals surface area contributed by atoms with Gasteiger partial charge in [0.25, 0.3) is 0 Å². The van der Waals surface area contributed by atoms with Gasteiger partial charge in [-0.3, -0.25) is 0 Å². The van der Waals surface area contributed by atoms with Crippen LogP contribution in [0.5, 0.6) is 0 Å². The van der Waals surface area contributed by atoms with Gasteiger partial charge in [-0.15, -0.1) is 0 Å². The largest absolute Gasteiger partial charge is 0.480 e. The van der Waals surface area contributed by atoms with E-state index in [1.54, 1.807) is 6.92 Å². The van der Waals surface area contributed by atoms with Crippen LogP contribution in [0.25, 0.3) is 0 Å². The van der Waals surface area contributed by atoms with E-state index in [9.17, 15) is 9.90 Å². The average Bonchev–Trinajstić information content (AvgIpc) is 3.04. The number of hydrogen-bond acceptors (Lipinski definition) is 2. The zero-order chi connectivity index (χ0) is 11.8. The number of carboxylic acids is 1. The van der Waals surface area contributed by atoms with Crippen molar-refractivity contribution in [1.29, 1.82) is 0 Å². The van der Waals surface area contributed by atoms with Crippen LogP contribution in [0.2, 0.25) is 0 Å². The minimum atomic E-state index is -0.824. The summed E-state index contributed by atoms with van der Waals surface area (Å²) in [5.41, 5.74) is 1.23. The Hall–Kier alpha value is -1.51. The van der Waals surface area contributed by atoms with E-state index in [1.807, 2.05) is 31.2 Å². The Morgan fingerprint density at radius 1 is 1.38 bits per heavy atom. The minimum absolute atomic E-state index is 0.256. The molecular formula is C13H17NO2. The lowest BCUT2D eigenvalue weighted by atomic mass is 9.95. The molecule has 1 fully saturated rings. The maximum atomic E-state index is 11.3. The molecule has 0 bridgehead atoms. The summed E-state index contributed by atoms with van der Waals surface area (Å²) in [7, 11) is 0. The first-order valence-electron chi connectivity index (χ1n) is 5.60. The fourth-order valence-corrected chi connectivity index (χ4v) is 1.93. The van der Waals surface area contributed by atoms with E-state index in [-0.39, 0.29) is 5.92 Å². The van der Waals surface area contributed by atoms with Crippen LogP contribution >= 0.6 is 0 Å². The van der Waals surface area contributed by atoms with Crippen molar-refractivity contribution < 1.29 is 9.90 Å². The van der Waals surface area contributed by atoms with E-state index < -0.39 is 11.5 Å². The first-order chi connectivity index (χ1) is 7.52. The zero-order valence-electron chi connectivity index (χ0n) is 9.66. The number of nitrogens with one attached hydrogen (secondary N) is 1. The van der Waals surface area contributed by atoms with Gasteiger partial charge >= 0.3 is 5.97 Å². The smallest absolute Gasteiger partial charge is 0.329 e. The average molecular weight is 219 g/mol. The molecule has 16 heavy (non-hydrogen) atoms. The van der Waals surface area contributed by atoms with Crippen molar-refractivity contribution in [3.63, 3.8) is 0 Å². The van der Waals surface area contributed by atoms with Crippen molar-refractivity contribution in [2.45, 2.75) is 32.2 Å². The highest BCUT2D eigenvalue weighted by Gasteiger charge is 2.47. The summed E-state index contributed by atoms with van der Waals surface area (Å²) < 4.78 is 0. The van der Waals surface area contributed by atoms with Crippen molar-refractivity contribution in [2.75, 3.05) is 5.32 Å². The number of carbonyl (C=O) groups is 1. The lowest BCUT2D eigenvalue weighted by molar-refractivity contribution is -0.142. The van der Waals surface area contributed by atoms with Crippen LogP contribution in [-0.2, 0) is 4.79 Å². The topological polar surface area (TPSA) is 49.3 Å². The number of anilines is 1. The molecule has 0 aromatic heterocycles. The molecule has 1 aromatic rings. The van der Waals surface area contributed by atoms with Gasteiger partial charge in [0.05, 0.1) is 0 Å². The quantitative estimate of drug-likeness (QED) is 0.818. The van der Waals surface area contributed by atoms with E-state index in [2.05, 4.69) is 5.32 Å². The SMILES string of the molecule is Cc1ccc(NC(C)(C(=O)O)C2CC2)cc1. The number of benzene rings is 1. The van der Waals surface area contributed by atoms with Gasteiger partial charge in [-0.25, -0.2) is 4.79 Å². The number of rotatable bonds is 4. The molecule has 1 saturated carbocycles. The van der Waals surface area contributed by atoms with Gasteiger partial charge in [0.15, 0.2) is 0 Å². The number of carboxylic acid groups (broad SMARTS) is 1. The molecule has 86 valence electrons. The molecule has 3 heteroatoms. The van der Waals surface area contributed by atoms with Gasteiger partial charge < -0.3 is 10.4 Å². The van der Waals surface area contributed by atoms with E-state index in [1.165, 1.54) is 5.56 Å². The van der Waals surface area contributed by atoms with Gasteiger partial charge in [-0.2, -0.15) is 0 Å². The first-order valence-corrected chi connectivity index (χ1v) is 5.60. The maximum absolute atomic E-state index is 11.3. The predicted molar refractivity (Wildman–Crippen MR) is 63.6 cm³/mol. The zero-order valence-corrected chi connectivity index (χ0v) is 9.66. The fraction of sp³-hybridized carbons (Fsp3) is 0.462. The summed E-state index contributed by atoms with van der Waals surface area (Å²) in [5.74, 6) is -0.512. The van der Waals surface area contributed by atoms with Crippen LogP contribution in [0, 0.1) is 12.8 Å². The third-order valence-electron chi connectivity index (χ3n) is 3.29. The number of hydrogen-bond donors (Lipinski definition) is 2. The van der Waals surface area contributed by atoms with Crippen molar-refractivity contribution in [1.82, 2.24) is 0 Å². The van der Waals surface area contributed by atoms with Crippen LogP contribution in [0.15, 0.2) is 24.3 Å². The summed E-state index contributed by atoms with van der Waals surface area (Å²) in [4.78, 5) is 11.3. The molecule has 0 heterocycles. The standard InChI is InChI=1S/C13H17NO2/c1-9-3-7-11(8-4-9)14-13(2,12(15)16)10-5-6-10/h3-4,7-8,10,14H,5-6H2,1-2H3,(H,15,16). The van der Waals surface area contributed by atoms with E-state index in [4.69, 9.17) is 0 Å². The second-order valence-corrected chi connectivity index (χ2v) is 4.77. The Balaban J connectivity index is 2.17. The molecule has 1 unspecified atom stereocenters. The van der Waals surface area contributed by atoms with Gasteiger partial charge in [0.1, 0.15) is 5.54 Å². The van der Waals surface area contributed by atoms with Crippen molar-refractivity contribution >= 4 is 11.7 Å². The normalized spacial score (nSPS) is 18.9. The molecule has 0 amide bonds. The lowest BCUT2D eigenvalue weighted by Crippen LogP contribution is -2.45. The molecule has 0 saturated heterocycles. The van der Waals surface area contributed by atoms with Crippen LogP contribution in [0.1, 0.15) is 25.3 Å².